The van der Waals surface area contributed by atoms with E-state index in [2.05, 4.69) is 39.2 Å². The van der Waals surface area contributed by atoms with E-state index < -0.39 is 26.2 Å². The van der Waals surface area contributed by atoms with Crippen molar-refractivity contribution in [1.29, 1.82) is 0 Å². The first kappa shape index (κ1) is 19.8. The van der Waals surface area contributed by atoms with Gasteiger partial charge in [0.15, 0.2) is 8.32 Å². The maximum atomic E-state index is 12.7. The Labute approximate surface area is 161 Å². The highest BCUT2D eigenvalue weighted by molar-refractivity contribution is 6.74. The molecule has 0 spiro atoms. The summed E-state index contributed by atoms with van der Waals surface area (Å²) in [6.07, 6.45) is 0. The van der Waals surface area contributed by atoms with Gasteiger partial charge in [-0.3, -0.25) is 19.3 Å². The zero-order valence-corrected chi connectivity index (χ0v) is 17.8. The van der Waals surface area contributed by atoms with Crippen molar-refractivity contribution in [2.24, 2.45) is 5.92 Å². The third-order valence-electron chi connectivity index (χ3n) is 6.15. The molecule has 1 fully saturated rings. The van der Waals surface area contributed by atoms with Crippen molar-refractivity contribution in [2.75, 3.05) is 6.61 Å². The molecule has 27 heavy (non-hydrogen) atoms. The smallest absolute Gasteiger partial charge is 0.262 e. The van der Waals surface area contributed by atoms with Crippen LogP contribution in [0.1, 0.15) is 48.4 Å². The molecule has 2 heterocycles. The fraction of sp³-hybridized carbons (Fsp3) is 0.550. The number of fused-ring (bicyclic) bond motifs is 1. The van der Waals surface area contributed by atoms with E-state index in [1.807, 2.05) is 6.92 Å². The minimum absolute atomic E-state index is 0.00821. The van der Waals surface area contributed by atoms with Gasteiger partial charge >= 0.3 is 0 Å². The number of carbonyl (C=O) groups is 3. The molecule has 1 aromatic rings. The molecule has 0 saturated carbocycles. The molecule has 146 valence electrons. The van der Waals surface area contributed by atoms with E-state index in [-0.39, 0.29) is 22.9 Å². The number of benzene rings is 1. The van der Waals surface area contributed by atoms with Crippen molar-refractivity contribution in [1.82, 2.24) is 10.2 Å². The first-order valence-electron chi connectivity index (χ1n) is 9.37. The van der Waals surface area contributed by atoms with Crippen molar-refractivity contribution in [3.8, 4) is 0 Å². The van der Waals surface area contributed by atoms with Crippen LogP contribution in [0.2, 0.25) is 18.1 Å². The Kier molecular flexibility index (Phi) is 4.80. The van der Waals surface area contributed by atoms with Crippen molar-refractivity contribution in [3.63, 3.8) is 0 Å². The van der Waals surface area contributed by atoms with Crippen LogP contribution < -0.4 is 5.32 Å². The molecule has 1 aromatic carbocycles. The average Bonchev–Trinajstić information content (AvgIpc) is 2.82. The monoisotopic (exact) mass is 388 g/mol. The Morgan fingerprint density at radius 3 is 2.07 bits per heavy atom. The van der Waals surface area contributed by atoms with Crippen molar-refractivity contribution >= 4 is 26.0 Å². The number of imide groups is 1. The number of hydrogen-bond donors (Lipinski definition) is 1. The van der Waals surface area contributed by atoms with Gasteiger partial charge in [0.25, 0.3) is 11.8 Å². The number of amides is 3. The van der Waals surface area contributed by atoms with E-state index in [4.69, 9.17) is 4.43 Å². The zero-order valence-electron chi connectivity index (χ0n) is 16.8. The Hall–Kier alpha value is -1.99. The molecular formula is C20H28N2O4Si. The predicted octanol–water partition coefficient (Wildman–Crippen LogP) is 2.81. The standard InChI is InChI=1S/C20H28N2O4Si/c1-12(11-26-27(5,6)20(2,3)4)15-16(17(23)21-15)22-18(24)13-9-7-8-10-14(13)19(22)25/h7-10,12,15-16H,11H2,1-6H3,(H,21,23)/t12-,15-,16-/m1/s1. The van der Waals surface area contributed by atoms with Gasteiger partial charge in [0.05, 0.1) is 17.2 Å². The van der Waals surface area contributed by atoms with Crippen LogP contribution in [0, 0.1) is 5.92 Å². The predicted molar refractivity (Wildman–Crippen MR) is 105 cm³/mol. The number of carbonyl (C=O) groups excluding carboxylic acids is 3. The van der Waals surface area contributed by atoms with Crippen LogP contribution in [0.4, 0.5) is 0 Å². The van der Waals surface area contributed by atoms with Crippen molar-refractivity contribution in [2.45, 2.75) is 57.9 Å². The Balaban J connectivity index is 1.73. The summed E-state index contributed by atoms with van der Waals surface area (Å²) < 4.78 is 6.27. The summed E-state index contributed by atoms with van der Waals surface area (Å²) in [7, 11) is -1.91. The first-order chi connectivity index (χ1) is 12.5. The minimum Gasteiger partial charge on any atom is -0.416 e. The van der Waals surface area contributed by atoms with Crippen LogP contribution in [0.25, 0.3) is 0 Å². The molecule has 3 atom stereocenters. The number of hydrogen-bond acceptors (Lipinski definition) is 4. The van der Waals surface area contributed by atoms with Gasteiger partial charge in [0, 0.05) is 12.5 Å². The SMILES string of the molecule is C[C@H](CO[Si](C)(C)C(C)(C)C)[C@H]1NC(=O)[C@@H]1N1C(=O)c2ccccc2C1=O. The van der Waals surface area contributed by atoms with Crippen LogP contribution in [0.15, 0.2) is 24.3 Å². The lowest BCUT2D eigenvalue weighted by molar-refractivity contribution is -0.136. The van der Waals surface area contributed by atoms with E-state index in [1.54, 1.807) is 24.3 Å². The number of nitrogens with zero attached hydrogens (tertiary/aromatic N) is 1. The minimum atomic E-state index is -1.91. The summed E-state index contributed by atoms with van der Waals surface area (Å²) >= 11 is 0. The second kappa shape index (κ2) is 6.56. The molecule has 1 N–H and O–H groups in total. The first-order valence-corrected chi connectivity index (χ1v) is 12.3. The average molecular weight is 389 g/mol. The summed E-state index contributed by atoms with van der Waals surface area (Å²) in [5.41, 5.74) is 0.734. The summed E-state index contributed by atoms with van der Waals surface area (Å²) in [6.45, 7) is 13.4. The molecule has 0 unspecified atom stereocenters. The van der Waals surface area contributed by atoms with Gasteiger partial charge in [-0.15, -0.1) is 0 Å². The summed E-state index contributed by atoms with van der Waals surface area (Å²) in [4.78, 5) is 38.8. The van der Waals surface area contributed by atoms with E-state index in [0.717, 1.165) is 4.90 Å². The summed E-state index contributed by atoms with van der Waals surface area (Å²) in [6, 6.07) is 5.65. The Morgan fingerprint density at radius 1 is 1.11 bits per heavy atom. The van der Waals surface area contributed by atoms with Crippen molar-refractivity contribution < 1.29 is 18.8 Å². The zero-order chi connectivity index (χ0) is 20.1. The lowest BCUT2D eigenvalue weighted by Crippen LogP contribution is -2.72. The number of β-lactam (4-membered cyclic amide) rings is 1. The molecule has 6 nitrogen and oxygen atoms in total. The van der Waals surface area contributed by atoms with Gasteiger partial charge in [0.2, 0.25) is 5.91 Å². The lowest BCUT2D eigenvalue weighted by Gasteiger charge is -2.45. The number of nitrogens with one attached hydrogen (secondary N) is 1. The van der Waals surface area contributed by atoms with Crippen LogP contribution in [0.3, 0.4) is 0 Å². The van der Waals surface area contributed by atoms with Crippen LogP contribution >= 0.6 is 0 Å². The fourth-order valence-electron chi connectivity index (χ4n) is 3.25. The molecule has 3 rings (SSSR count). The van der Waals surface area contributed by atoms with Gasteiger partial charge < -0.3 is 9.74 Å². The van der Waals surface area contributed by atoms with Crippen LogP contribution in [-0.2, 0) is 9.22 Å². The van der Waals surface area contributed by atoms with Gasteiger partial charge in [-0.25, -0.2) is 0 Å². The molecule has 3 amide bonds. The maximum absolute atomic E-state index is 12.7. The van der Waals surface area contributed by atoms with E-state index >= 15 is 0 Å². The third kappa shape index (κ3) is 3.23. The largest absolute Gasteiger partial charge is 0.416 e. The van der Waals surface area contributed by atoms with E-state index in [0.29, 0.717) is 17.7 Å². The normalized spacial score (nSPS) is 23.8. The highest BCUT2D eigenvalue weighted by Crippen LogP contribution is 2.37. The molecule has 0 aliphatic carbocycles. The van der Waals surface area contributed by atoms with Gasteiger partial charge in [-0.05, 0) is 30.3 Å². The molecular weight excluding hydrogens is 360 g/mol. The lowest BCUT2D eigenvalue weighted by atomic mass is 9.87. The second-order valence-electron chi connectivity index (χ2n) is 9.05. The molecule has 1 saturated heterocycles. The van der Waals surface area contributed by atoms with Gasteiger partial charge in [-0.1, -0.05) is 39.8 Å². The van der Waals surface area contributed by atoms with E-state index in [1.165, 1.54) is 0 Å². The topological polar surface area (TPSA) is 75.7 Å². The quantitative estimate of drug-likeness (QED) is 0.478. The Bertz CT molecular complexity index is 764. The second-order valence-corrected chi connectivity index (χ2v) is 13.9. The molecule has 0 aromatic heterocycles. The molecule has 7 heteroatoms. The number of rotatable bonds is 5. The maximum Gasteiger partial charge on any atom is 0.262 e. The third-order valence-corrected chi connectivity index (χ3v) is 10.6. The molecule has 0 radical (unpaired) electrons. The summed E-state index contributed by atoms with van der Waals surface area (Å²) in [5, 5.41) is 2.96. The van der Waals surface area contributed by atoms with Crippen molar-refractivity contribution in [3.05, 3.63) is 35.4 Å². The van der Waals surface area contributed by atoms with Crippen LogP contribution in [-0.4, -0.2) is 49.6 Å². The molecule has 2 aliphatic rings. The Morgan fingerprint density at radius 2 is 1.63 bits per heavy atom. The van der Waals surface area contributed by atoms with Gasteiger partial charge in [0.1, 0.15) is 6.04 Å². The summed E-state index contributed by atoms with van der Waals surface area (Å²) in [5.74, 6) is -1.07. The molecule has 0 bridgehead atoms. The van der Waals surface area contributed by atoms with Gasteiger partial charge in [-0.2, -0.15) is 0 Å². The fourth-order valence-corrected chi connectivity index (χ4v) is 4.36. The highest BCUT2D eigenvalue weighted by Gasteiger charge is 2.53. The van der Waals surface area contributed by atoms with E-state index in [9.17, 15) is 14.4 Å². The highest BCUT2D eigenvalue weighted by atomic mass is 28.4. The van der Waals surface area contributed by atoms with Crippen LogP contribution in [0.5, 0.6) is 0 Å². The molecule has 2 aliphatic heterocycles.